The lowest BCUT2D eigenvalue weighted by atomic mass is 10.0. The number of piperidine rings is 1. The Labute approximate surface area is 131 Å². The van der Waals surface area contributed by atoms with Gasteiger partial charge in [0.15, 0.2) is 11.8 Å². The maximum Gasteiger partial charge on any atom is 0.246 e. The first-order valence-electron chi connectivity index (χ1n) is 6.44. The van der Waals surface area contributed by atoms with Crippen LogP contribution in [0.3, 0.4) is 0 Å². The van der Waals surface area contributed by atoms with Gasteiger partial charge < -0.3 is 14.7 Å². The molecule has 19 heavy (non-hydrogen) atoms. The predicted molar refractivity (Wildman–Crippen MR) is 84.6 cm³/mol. The third-order valence-corrected chi connectivity index (χ3v) is 3.14. The van der Waals surface area contributed by atoms with Crippen molar-refractivity contribution in [1.29, 1.82) is 0 Å². The van der Waals surface area contributed by atoms with E-state index >= 15 is 0 Å². The van der Waals surface area contributed by atoms with Gasteiger partial charge >= 0.3 is 0 Å². The number of rotatable bonds is 2. The average Bonchev–Trinajstić information content (AvgIpc) is 2.76. The van der Waals surface area contributed by atoms with Gasteiger partial charge in [0.05, 0.1) is 6.54 Å². The van der Waals surface area contributed by atoms with Crippen LogP contribution in [0.1, 0.15) is 31.5 Å². The number of halogens is 1. The Morgan fingerprint density at radius 3 is 2.95 bits per heavy atom. The van der Waals surface area contributed by atoms with Crippen LogP contribution in [-0.2, 0) is 6.54 Å². The lowest BCUT2D eigenvalue weighted by Gasteiger charge is -2.33. The summed E-state index contributed by atoms with van der Waals surface area (Å²) in [4.78, 5) is 10.8. The van der Waals surface area contributed by atoms with Gasteiger partial charge in [0.25, 0.3) is 0 Å². The molecule has 1 aromatic rings. The minimum Gasteiger partial charge on any atom is -0.347 e. The number of hydrogen-bond acceptors (Lipinski definition) is 4. The second-order valence-corrected chi connectivity index (χ2v) is 4.83. The Morgan fingerprint density at radius 2 is 2.37 bits per heavy atom. The molecule has 1 N–H and O–H groups in total. The third-order valence-electron chi connectivity index (χ3n) is 3.14. The molecule has 1 fully saturated rings. The van der Waals surface area contributed by atoms with Crippen LogP contribution < -0.4 is 5.32 Å². The van der Waals surface area contributed by atoms with Crippen LogP contribution in [0.4, 0.5) is 0 Å². The molecule has 1 saturated heterocycles. The summed E-state index contributed by atoms with van der Waals surface area (Å²) in [7, 11) is 1.81. The SMILES string of the molecule is CN=C(NCc1nc(C)no1)N1CCCC(C)C1.I. The molecule has 2 heterocycles. The van der Waals surface area contributed by atoms with Gasteiger partial charge in [0.2, 0.25) is 5.89 Å². The van der Waals surface area contributed by atoms with Gasteiger partial charge in [-0.1, -0.05) is 12.1 Å². The summed E-state index contributed by atoms with van der Waals surface area (Å²) in [5.41, 5.74) is 0. The van der Waals surface area contributed by atoms with Crippen molar-refractivity contribution in [2.75, 3.05) is 20.1 Å². The molecule has 1 aliphatic rings. The number of guanidine groups is 1. The van der Waals surface area contributed by atoms with Crippen LogP contribution in [0, 0.1) is 12.8 Å². The van der Waals surface area contributed by atoms with Gasteiger partial charge in [-0.05, 0) is 25.7 Å². The fourth-order valence-electron chi connectivity index (χ4n) is 2.28. The molecule has 0 amide bonds. The van der Waals surface area contributed by atoms with Gasteiger partial charge in [-0.2, -0.15) is 4.98 Å². The van der Waals surface area contributed by atoms with E-state index < -0.39 is 0 Å². The van der Waals surface area contributed by atoms with E-state index in [2.05, 4.69) is 32.3 Å². The maximum atomic E-state index is 5.07. The molecule has 0 bridgehead atoms. The minimum atomic E-state index is 0. The van der Waals surface area contributed by atoms with Crippen molar-refractivity contribution in [1.82, 2.24) is 20.4 Å². The third kappa shape index (κ3) is 4.63. The van der Waals surface area contributed by atoms with E-state index in [-0.39, 0.29) is 24.0 Å². The van der Waals surface area contributed by atoms with E-state index in [0.29, 0.717) is 18.3 Å². The van der Waals surface area contributed by atoms with E-state index in [1.807, 2.05) is 6.92 Å². The topological polar surface area (TPSA) is 66.5 Å². The molecule has 6 nitrogen and oxygen atoms in total. The standard InChI is InChI=1S/C12H21N5O.HI/c1-9-5-4-6-17(8-9)12(13-3)14-7-11-15-10(2)16-18-11;/h9H,4-8H2,1-3H3,(H,13,14);1H. The lowest BCUT2D eigenvalue weighted by molar-refractivity contribution is 0.264. The molecule has 1 atom stereocenters. The highest BCUT2D eigenvalue weighted by atomic mass is 127. The first-order valence-corrected chi connectivity index (χ1v) is 6.44. The number of aryl methyl sites for hydroxylation is 1. The first-order chi connectivity index (χ1) is 8.69. The molecule has 0 saturated carbocycles. The smallest absolute Gasteiger partial charge is 0.246 e. The molecule has 2 rings (SSSR count). The number of nitrogens with one attached hydrogen (secondary N) is 1. The van der Waals surface area contributed by atoms with Crippen molar-refractivity contribution in [2.45, 2.75) is 33.2 Å². The number of aromatic nitrogens is 2. The summed E-state index contributed by atoms with van der Waals surface area (Å²) in [5.74, 6) is 2.90. The molecule has 0 spiro atoms. The van der Waals surface area contributed by atoms with E-state index in [4.69, 9.17) is 4.52 Å². The van der Waals surface area contributed by atoms with Crippen LogP contribution in [0.2, 0.25) is 0 Å². The number of likely N-dealkylation sites (tertiary alicyclic amines) is 1. The summed E-state index contributed by atoms with van der Waals surface area (Å²) >= 11 is 0. The van der Waals surface area contributed by atoms with Crippen LogP contribution >= 0.6 is 24.0 Å². The first kappa shape index (κ1) is 16.2. The highest BCUT2D eigenvalue weighted by molar-refractivity contribution is 14.0. The Balaban J connectivity index is 0.00000180. The number of aliphatic imine (C=N–C) groups is 1. The van der Waals surface area contributed by atoms with Crippen molar-refractivity contribution in [3.63, 3.8) is 0 Å². The van der Waals surface area contributed by atoms with E-state index in [1.165, 1.54) is 12.8 Å². The molecule has 0 aromatic carbocycles. The van der Waals surface area contributed by atoms with Crippen LogP contribution in [-0.4, -0.2) is 41.1 Å². The zero-order valence-electron chi connectivity index (χ0n) is 11.7. The monoisotopic (exact) mass is 379 g/mol. The summed E-state index contributed by atoms with van der Waals surface area (Å²) in [6, 6.07) is 0. The largest absolute Gasteiger partial charge is 0.347 e. The fraction of sp³-hybridized carbons (Fsp3) is 0.750. The molecule has 1 unspecified atom stereocenters. The fourth-order valence-corrected chi connectivity index (χ4v) is 2.28. The zero-order chi connectivity index (χ0) is 13.0. The molecule has 1 aliphatic heterocycles. The normalized spacial score (nSPS) is 20.1. The number of hydrogen-bond donors (Lipinski definition) is 1. The van der Waals surface area contributed by atoms with Crippen LogP contribution in [0.15, 0.2) is 9.52 Å². The quantitative estimate of drug-likeness (QED) is 0.482. The molecule has 108 valence electrons. The average molecular weight is 379 g/mol. The lowest BCUT2D eigenvalue weighted by Crippen LogP contribution is -2.45. The molecular formula is C12H22IN5O. The highest BCUT2D eigenvalue weighted by Gasteiger charge is 2.19. The maximum absolute atomic E-state index is 5.07. The number of nitrogens with zero attached hydrogens (tertiary/aromatic N) is 4. The van der Waals surface area contributed by atoms with Crippen molar-refractivity contribution in [3.8, 4) is 0 Å². The van der Waals surface area contributed by atoms with Crippen LogP contribution in [0.25, 0.3) is 0 Å². The van der Waals surface area contributed by atoms with Crippen molar-refractivity contribution < 1.29 is 4.52 Å². The summed E-state index contributed by atoms with van der Waals surface area (Å²) in [5, 5.41) is 7.03. The van der Waals surface area contributed by atoms with E-state index in [1.54, 1.807) is 7.05 Å². The summed E-state index contributed by atoms with van der Waals surface area (Å²) < 4.78 is 5.07. The van der Waals surface area contributed by atoms with Gasteiger partial charge in [-0.25, -0.2) is 0 Å². The molecule has 1 aromatic heterocycles. The Morgan fingerprint density at radius 1 is 1.58 bits per heavy atom. The molecule has 7 heteroatoms. The molecular weight excluding hydrogens is 357 g/mol. The highest BCUT2D eigenvalue weighted by Crippen LogP contribution is 2.15. The summed E-state index contributed by atoms with van der Waals surface area (Å²) in [6.07, 6.45) is 2.53. The predicted octanol–water partition coefficient (Wildman–Crippen LogP) is 1.80. The van der Waals surface area contributed by atoms with E-state index in [9.17, 15) is 0 Å². The zero-order valence-corrected chi connectivity index (χ0v) is 14.0. The van der Waals surface area contributed by atoms with Crippen molar-refractivity contribution >= 4 is 29.9 Å². The minimum absolute atomic E-state index is 0. The van der Waals surface area contributed by atoms with Gasteiger partial charge in [-0.3, -0.25) is 4.99 Å². The van der Waals surface area contributed by atoms with Gasteiger partial charge in [0.1, 0.15) is 0 Å². The van der Waals surface area contributed by atoms with Gasteiger partial charge in [0, 0.05) is 20.1 Å². The Bertz CT molecular complexity index is 420. The molecule has 0 aliphatic carbocycles. The van der Waals surface area contributed by atoms with E-state index in [0.717, 1.165) is 25.0 Å². The second-order valence-electron chi connectivity index (χ2n) is 4.83. The second kappa shape index (κ2) is 7.66. The van der Waals surface area contributed by atoms with Crippen LogP contribution in [0.5, 0.6) is 0 Å². The summed E-state index contributed by atoms with van der Waals surface area (Å²) in [6.45, 7) is 6.74. The van der Waals surface area contributed by atoms with Gasteiger partial charge in [-0.15, -0.1) is 24.0 Å². The van der Waals surface area contributed by atoms with Crippen molar-refractivity contribution in [2.24, 2.45) is 10.9 Å². The molecule has 0 radical (unpaired) electrons. The van der Waals surface area contributed by atoms with Crippen molar-refractivity contribution in [3.05, 3.63) is 11.7 Å². The Kier molecular flexibility index (Phi) is 6.53. The Hall–Kier alpha value is -0.860.